The van der Waals surface area contributed by atoms with E-state index in [0.717, 1.165) is 11.8 Å². The fourth-order valence-electron chi connectivity index (χ4n) is 0.939. The third-order valence-electron chi connectivity index (χ3n) is 1.47. The van der Waals surface area contributed by atoms with Crippen molar-refractivity contribution in [3.05, 3.63) is 57.2 Å². The van der Waals surface area contributed by atoms with Crippen LogP contribution in [0.15, 0.2) is 36.5 Å². The molecular formula is C9H8ClNO2. The lowest BCUT2D eigenvalue weighted by Crippen LogP contribution is -1.85. The molecule has 0 aromatic heterocycles. The number of hydrogen-bond acceptors (Lipinski definition) is 2. The van der Waals surface area contributed by atoms with E-state index >= 15 is 0 Å². The number of allylic oxidation sites excluding steroid dienone is 1. The Balaban J connectivity index is 2.59. The molecule has 0 heterocycles. The average molecular weight is 198 g/mol. The Morgan fingerprint density at radius 2 is 2.31 bits per heavy atom. The van der Waals surface area contributed by atoms with E-state index in [2.05, 4.69) is 0 Å². The van der Waals surface area contributed by atoms with Gasteiger partial charge in [-0.3, -0.25) is 10.1 Å². The fraction of sp³-hybridized carbons (Fsp3) is 0.111. The van der Waals surface area contributed by atoms with Gasteiger partial charge in [-0.25, -0.2) is 0 Å². The summed E-state index contributed by atoms with van der Waals surface area (Å²) < 4.78 is 0. The molecule has 0 unspecified atom stereocenters. The summed E-state index contributed by atoms with van der Waals surface area (Å²) in [7, 11) is 0. The van der Waals surface area contributed by atoms with Crippen molar-refractivity contribution >= 4 is 11.6 Å². The van der Waals surface area contributed by atoms with Crippen molar-refractivity contribution in [3.8, 4) is 0 Å². The molecular weight excluding hydrogens is 190 g/mol. The van der Waals surface area contributed by atoms with Gasteiger partial charge < -0.3 is 0 Å². The van der Waals surface area contributed by atoms with E-state index in [1.54, 1.807) is 12.1 Å². The second kappa shape index (κ2) is 4.62. The third-order valence-corrected chi connectivity index (χ3v) is 1.70. The van der Waals surface area contributed by atoms with Gasteiger partial charge in [-0.15, -0.1) is 0 Å². The summed E-state index contributed by atoms with van der Waals surface area (Å²) in [5.74, 6) is 0. The number of benzene rings is 1. The minimum absolute atomic E-state index is 0.482. The Kier molecular flexibility index (Phi) is 3.46. The topological polar surface area (TPSA) is 43.1 Å². The fourth-order valence-corrected chi connectivity index (χ4v) is 1.15. The molecule has 4 heteroatoms. The molecule has 13 heavy (non-hydrogen) atoms. The molecule has 0 radical (unpaired) electrons. The summed E-state index contributed by atoms with van der Waals surface area (Å²) in [6.07, 6.45) is 2.95. The van der Waals surface area contributed by atoms with Crippen LogP contribution in [0, 0.1) is 10.1 Å². The van der Waals surface area contributed by atoms with Crippen LogP contribution in [0.2, 0.25) is 5.02 Å². The van der Waals surface area contributed by atoms with E-state index in [1.807, 2.05) is 12.1 Å². The molecule has 0 aliphatic rings. The van der Waals surface area contributed by atoms with Crippen molar-refractivity contribution in [2.45, 2.75) is 6.42 Å². The first kappa shape index (κ1) is 9.74. The van der Waals surface area contributed by atoms with Gasteiger partial charge in [0.25, 0.3) is 0 Å². The maximum Gasteiger partial charge on any atom is 0.230 e. The van der Waals surface area contributed by atoms with Gasteiger partial charge in [0.05, 0.1) is 4.92 Å². The number of nitro groups is 1. The van der Waals surface area contributed by atoms with Crippen molar-refractivity contribution in [2.24, 2.45) is 0 Å². The molecule has 0 fully saturated rings. The molecule has 0 atom stereocenters. The van der Waals surface area contributed by atoms with E-state index in [0.29, 0.717) is 11.4 Å². The highest BCUT2D eigenvalue weighted by Gasteiger charge is 1.92. The van der Waals surface area contributed by atoms with Crippen LogP contribution < -0.4 is 0 Å². The zero-order chi connectivity index (χ0) is 9.68. The number of hydrogen-bond donors (Lipinski definition) is 0. The maximum absolute atomic E-state index is 9.95. The first-order valence-corrected chi connectivity index (χ1v) is 4.11. The predicted molar refractivity (Wildman–Crippen MR) is 51.3 cm³/mol. The van der Waals surface area contributed by atoms with Crippen molar-refractivity contribution < 1.29 is 4.92 Å². The van der Waals surface area contributed by atoms with Crippen LogP contribution in [-0.4, -0.2) is 4.92 Å². The van der Waals surface area contributed by atoms with Crippen LogP contribution >= 0.6 is 11.6 Å². The smallest absolute Gasteiger partial charge is 0.230 e. The molecule has 0 bridgehead atoms. The van der Waals surface area contributed by atoms with Crippen molar-refractivity contribution in [1.29, 1.82) is 0 Å². The summed E-state index contributed by atoms with van der Waals surface area (Å²) in [6, 6.07) is 7.24. The van der Waals surface area contributed by atoms with E-state index in [-0.39, 0.29) is 0 Å². The van der Waals surface area contributed by atoms with Crippen molar-refractivity contribution in [1.82, 2.24) is 0 Å². The van der Waals surface area contributed by atoms with Crippen LogP contribution in [-0.2, 0) is 6.42 Å². The SMILES string of the molecule is O=[N+]([O-])C=CCc1cccc(Cl)c1. The molecule has 0 aliphatic carbocycles. The first-order valence-electron chi connectivity index (χ1n) is 3.73. The molecule has 0 saturated heterocycles. The maximum atomic E-state index is 9.95. The second-order valence-corrected chi connectivity index (χ2v) is 2.94. The molecule has 0 saturated carbocycles. The van der Waals surface area contributed by atoms with Crippen molar-refractivity contribution in [3.63, 3.8) is 0 Å². The molecule has 3 nitrogen and oxygen atoms in total. The molecule has 1 aromatic carbocycles. The Morgan fingerprint density at radius 3 is 2.92 bits per heavy atom. The zero-order valence-electron chi connectivity index (χ0n) is 6.81. The van der Waals surface area contributed by atoms with E-state index in [9.17, 15) is 10.1 Å². The van der Waals surface area contributed by atoms with Gasteiger partial charge >= 0.3 is 0 Å². The average Bonchev–Trinajstić information content (AvgIpc) is 2.03. The van der Waals surface area contributed by atoms with Gasteiger partial charge in [-0.1, -0.05) is 23.7 Å². The summed E-state index contributed by atoms with van der Waals surface area (Å²) in [5, 5.41) is 10.6. The summed E-state index contributed by atoms with van der Waals surface area (Å²) in [4.78, 5) is 9.47. The minimum atomic E-state index is -0.482. The third kappa shape index (κ3) is 3.71. The normalized spacial score (nSPS) is 10.5. The summed E-state index contributed by atoms with van der Waals surface area (Å²) in [6.45, 7) is 0. The van der Waals surface area contributed by atoms with Gasteiger partial charge in [0.2, 0.25) is 6.20 Å². The van der Waals surface area contributed by atoms with Crippen molar-refractivity contribution in [2.75, 3.05) is 0 Å². The highest BCUT2D eigenvalue weighted by atomic mass is 35.5. The zero-order valence-corrected chi connectivity index (χ0v) is 7.57. The molecule has 0 spiro atoms. The van der Waals surface area contributed by atoms with Gasteiger partial charge in [-0.05, 0) is 30.2 Å². The van der Waals surface area contributed by atoms with Gasteiger partial charge in [0.15, 0.2) is 0 Å². The molecule has 1 rings (SSSR count). The summed E-state index contributed by atoms with van der Waals surface area (Å²) >= 11 is 5.73. The van der Waals surface area contributed by atoms with E-state index in [4.69, 9.17) is 11.6 Å². The van der Waals surface area contributed by atoms with Gasteiger partial charge in [-0.2, -0.15) is 0 Å². The number of rotatable bonds is 3. The van der Waals surface area contributed by atoms with Crippen LogP contribution in [0.3, 0.4) is 0 Å². The molecule has 0 aliphatic heterocycles. The monoisotopic (exact) mass is 197 g/mol. The largest absolute Gasteiger partial charge is 0.259 e. The Morgan fingerprint density at radius 1 is 1.54 bits per heavy atom. The highest BCUT2D eigenvalue weighted by Crippen LogP contribution is 2.11. The minimum Gasteiger partial charge on any atom is -0.259 e. The Bertz CT molecular complexity index is 336. The van der Waals surface area contributed by atoms with E-state index in [1.165, 1.54) is 6.08 Å². The lowest BCUT2D eigenvalue weighted by atomic mass is 10.1. The standard InChI is InChI=1S/C9H8ClNO2/c10-9-5-1-3-8(7-9)4-2-6-11(12)13/h1-3,5-7H,4H2. The van der Waals surface area contributed by atoms with Crippen LogP contribution in [0.5, 0.6) is 0 Å². The van der Waals surface area contributed by atoms with Crippen LogP contribution in [0.4, 0.5) is 0 Å². The lowest BCUT2D eigenvalue weighted by Gasteiger charge is -1.94. The second-order valence-electron chi connectivity index (χ2n) is 2.50. The highest BCUT2D eigenvalue weighted by molar-refractivity contribution is 6.30. The molecule has 0 N–H and O–H groups in total. The van der Waals surface area contributed by atoms with Crippen LogP contribution in [0.1, 0.15) is 5.56 Å². The van der Waals surface area contributed by atoms with Crippen LogP contribution in [0.25, 0.3) is 0 Å². The number of halogens is 1. The van der Waals surface area contributed by atoms with E-state index < -0.39 is 4.92 Å². The predicted octanol–water partition coefficient (Wildman–Crippen LogP) is 2.67. The first-order chi connectivity index (χ1) is 6.18. The Labute approximate surface area is 80.8 Å². The molecule has 68 valence electrons. The Hall–Kier alpha value is -1.35. The van der Waals surface area contributed by atoms with Gasteiger partial charge in [0, 0.05) is 5.02 Å². The lowest BCUT2D eigenvalue weighted by molar-refractivity contribution is -0.402. The quantitative estimate of drug-likeness (QED) is 0.552. The summed E-state index contributed by atoms with van der Waals surface area (Å²) in [5.41, 5.74) is 0.964. The molecule has 1 aromatic rings. The number of nitrogens with zero attached hydrogens (tertiary/aromatic N) is 1. The molecule has 0 amide bonds. The van der Waals surface area contributed by atoms with Gasteiger partial charge in [0.1, 0.15) is 0 Å².